The number of rotatable bonds is 8. The van der Waals surface area contributed by atoms with E-state index in [2.05, 4.69) is 20.6 Å². The summed E-state index contributed by atoms with van der Waals surface area (Å²) in [5, 5.41) is 11.2. The molecular formula is C25H26N6O3. The van der Waals surface area contributed by atoms with E-state index in [0.717, 1.165) is 11.1 Å². The number of ether oxygens (including phenoxy) is 1. The molecule has 0 aliphatic rings. The molecule has 34 heavy (non-hydrogen) atoms. The molecule has 174 valence electrons. The lowest BCUT2D eigenvalue weighted by molar-refractivity contribution is -0.145. The Balaban J connectivity index is 1.60. The van der Waals surface area contributed by atoms with Gasteiger partial charge in [0.1, 0.15) is 23.3 Å². The van der Waals surface area contributed by atoms with Gasteiger partial charge in [0.15, 0.2) is 0 Å². The molecule has 4 rings (SSSR count). The summed E-state index contributed by atoms with van der Waals surface area (Å²) >= 11 is 0. The van der Waals surface area contributed by atoms with Crippen LogP contribution in [0.1, 0.15) is 19.4 Å². The minimum atomic E-state index is -1.18. The second-order valence-corrected chi connectivity index (χ2v) is 8.32. The SMILES string of the molecule is COc1ccc(NC(=O)C(C)(C)N(Cc2cccnc2)C(=O)Cn2nnc3ccccc32)cc1. The van der Waals surface area contributed by atoms with Gasteiger partial charge in [0.05, 0.1) is 12.6 Å². The van der Waals surface area contributed by atoms with Crippen LogP contribution in [0.5, 0.6) is 5.75 Å². The first-order chi connectivity index (χ1) is 16.4. The highest BCUT2D eigenvalue weighted by molar-refractivity contribution is 6.00. The van der Waals surface area contributed by atoms with Gasteiger partial charge >= 0.3 is 0 Å². The van der Waals surface area contributed by atoms with Crippen molar-refractivity contribution >= 4 is 28.5 Å². The third-order valence-electron chi connectivity index (χ3n) is 5.65. The smallest absolute Gasteiger partial charge is 0.249 e. The number of carbonyl (C=O) groups excluding carboxylic acids is 2. The molecule has 0 radical (unpaired) electrons. The molecule has 0 unspecified atom stereocenters. The molecule has 0 spiro atoms. The second kappa shape index (κ2) is 9.70. The number of para-hydroxylation sites is 1. The Labute approximate surface area is 197 Å². The average Bonchev–Trinajstić information content (AvgIpc) is 3.26. The molecule has 0 bridgehead atoms. The maximum absolute atomic E-state index is 13.6. The Morgan fingerprint density at radius 1 is 1.06 bits per heavy atom. The molecule has 0 atom stereocenters. The Morgan fingerprint density at radius 2 is 1.82 bits per heavy atom. The van der Waals surface area contributed by atoms with Gasteiger partial charge in [0.25, 0.3) is 0 Å². The van der Waals surface area contributed by atoms with Crippen molar-refractivity contribution in [1.29, 1.82) is 0 Å². The summed E-state index contributed by atoms with van der Waals surface area (Å²) in [6, 6.07) is 18.1. The molecule has 9 heteroatoms. The zero-order valence-electron chi connectivity index (χ0n) is 19.3. The van der Waals surface area contributed by atoms with Crippen molar-refractivity contribution in [3.63, 3.8) is 0 Å². The summed E-state index contributed by atoms with van der Waals surface area (Å²) in [4.78, 5) is 32.6. The van der Waals surface area contributed by atoms with Crippen molar-refractivity contribution in [2.75, 3.05) is 12.4 Å². The lowest BCUT2D eigenvalue weighted by Crippen LogP contribution is -2.55. The zero-order chi connectivity index (χ0) is 24.1. The first kappa shape index (κ1) is 22.9. The Hall–Kier alpha value is -4.27. The monoisotopic (exact) mass is 458 g/mol. The van der Waals surface area contributed by atoms with Crippen LogP contribution in [0.2, 0.25) is 0 Å². The zero-order valence-corrected chi connectivity index (χ0v) is 19.3. The molecule has 0 saturated carbocycles. The van der Waals surface area contributed by atoms with E-state index in [-0.39, 0.29) is 24.9 Å². The van der Waals surface area contributed by atoms with Crippen LogP contribution in [0, 0.1) is 0 Å². The number of anilines is 1. The van der Waals surface area contributed by atoms with Gasteiger partial charge in [-0.2, -0.15) is 0 Å². The van der Waals surface area contributed by atoms with Crippen LogP contribution in [-0.4, -0.2) is 49.3 Å². The van der Waals surface area contributed by atoms with Gasteiger partial charge in [0, 0.05) is 24.6 Å². The van der Waals surface area contributed by atoms with Crippen molar-refractivity contribution in [2.45, 2.75) is 32.5 Å². The topological polar surface area (TPSA) is 102 Å². The number of pyridine rings is 1. The first-order valence-corrected chi connectivity index (χ1v) is 10.8. The van der Waals surface area contributed by atoms with Gasteiger partial charge in [-0.15, -0.1) is 5.10 Å². The van der Waals surface area contributed by atoms with Crippen LogP contribution in [0.15, 0.2) is 73.1 Å². The van der Waals surface area contributed by atoms with E-state index in [9.17, 15) is 9.59 Å². The Kier molecular flexibility index (Phi) is 6.53. The highest BCUT2D eigenvalue weighted by atomic mass is 16.5. The number of fused-ring (bicyclic) bond motifs is 1. The first-order valence-electron chi connectivity index (χ1n) is 10.8. The van der Waals surface area contributed by atoms with Crippen LogP contribution in [0.3, 0.4) is 0 Å². The predicted octanol–water partition coefficient (Wildman–Crippen LogP) is 3.28. The third-order valence-corrected chi connectivity index (χ3v) is 5.65. The fraction of sp³-hybridized carbons (Fsp3) is 0.240. The van der Waals surface area contributed by atoms with Crippen LogP contribution in [0.25, 0.3) is 11.0 Å². The maximum Gasteiger partial charge on any atom is 0.249 e. The largest absolute Gasteiger partial charge is 0.497 e. The Bertz CT molecular complexity index is 1290. The van der Waals surface area contributed by atoms with Crippen LogP contribution >= 0.6 is 0 Å². The summed E-state index contributed by atoms with van der Waals surface area (Å²) in [7, 11) is 1.58. The fourth-order valence-corrected chi connectivity index (χ4v) is 3.60. The Morgan fingerprint density at radius 3 is 2.53 bits per heavy atom. The van der Waals surface area contributed by atoms with Gasteiger partial charge in [-0.1, -0.05) is 23.4 Å². The van der Waals surface area contributed by atoms with E-state index >= 15 is 0 Å². The van der Waals surface area contributed by atoms with Crippen LogP contribution in [-0.2, 0) is 22.7 Å². The number of carbonyl (C=O) groups is 2. The molecule has 0 fully saturated rings. The summed E-state index contributed by atoms with van der Waals surface area (Å²) in [5.41, 5.74) is 1.69. The van der Waals surface area contributed by atoms with Gasteiger partial charge in [-0.3, -0.25) is 14.6 Å². The number of nitrogens with zero attached hydrogens (tertiary/aromatic N) is 5. The molecule has 9 nitrogen and oxygen atoms in total. The van der Waals surface area contributed by atoms with Crippen molar-refractivity contribution in [3.8, 4) is 5.75 Å². The number of nitrogens with one attached hydrogen (secondary N) is 1. The minimum Gasteiger partial charge on any atom is -0.497 e. The number of aromatic nitrogens is 4. The molecule has 4 aromatic rings. The van der Waals surface area contributed by atoms with E-state index in [4.69, 9.17) is 4.74 Å². The van der Waals surface area contributed by atoms with Crippen molar-refractivity contribution in [3.05, 3.63) is 78.6 Å². The predicted molar refractivity (Wildman–Crippen MR) is 128 cm³/mol. The summed E-state index contributed by atoms with van der Waals surface area (Å²) in [6.07, 6.45) is 3.35. The molecule has 0 aliphatic heterocycles. The molecular weight excluding hydrogens is 432 g/mol. The van der Waals surface area contributed by atoms with Crippen LogP contribution < -0.4 is 10.1 Å². The van der Waals surface area contributed by atoms with Crippen molar-refractivity contribution in [2.24, 2.45) is 0 Å². The molecule has 2 aromatic carbocycles. The summed E-state index contributed by atoms with van der Waals surface area (Å²) in [6.45, 7) is 3.60. The standard InChI is InChI=1S/C25H26N6O3/c1-25(2,24(33)27-19-10-12-20(34-3)13-11-19)30(16-18-7-6-14-26-15-18)23(32)17-31-22-9-5-4-8-21(22)28-29-31/h4-15H,16-17H2,1-3H3,(H,27,33). The number of hydrogen-bond donors (Lipinski definition) is 1. The van der Waals surface area contributed by atoms with Gasteiger partial charge in [0.2, 0.25) is 11.8 Å². The molecule has 1 N–H and O–H groups in total. The number of benzene rings is 2. The summed E-state index contributed by atoms with van der Waals surface area (Å²) in [5.74, 6) is 0.0958. The fourth-order valence-electron chi connectivity index (χ4n) is 3.60. The van der Waals surface area contributed by atoms with Gasteiger partial charge < -0.3 is 15.0 Å². The van der Waals surface area contributed by atoms with Crippen molar-refractivity contribution < 1.29 is 14.3 Å². The quantitative estimate of drug-likeness (QED) is 0.435. The summed E-state index contributed by atoms with van der Waals surface area (Å²) < 4.78 is 6.72. The third kappa shape index (κ3) is 4.88. The maximum atomic E-state index is 13.6. The van der Waals surface area contributed by atoms with E-state index < -0.39 is 5.54 Å². The van der Waals surface area contributed by atoms with Crippen LogP contribution in [0.4, 0.5) is 5.69 Å². The number of methoxy groups -OCH3 is 1. The molecule has 2 aromatic heterocycles. The lowest BCUT2D eigenvalue weighted by atomic mass is 9.99. The van der Waals surface area contributed by atoms with E-state index in [0.29, 0.717) is 17.0 Å². The number of amides is 2. The number of hydrogen-bond acceptors (Lipinski definition) is 6. The molecule has 0 saturated heterocycles. The minimum absolute atomic E-state index is 0.0555. The van der Waals surface area contributed by atoms with E-state index in [1.54, 1.807) is 73.3 Å². The second-order valence-electron chi connectivity index (χ2n) is 8.32. The van der Waals surface area contributed by atoms with Gasteiger partial charge in [-0.05, 0) is 61.9 Å². The molecule has 2 amide bonds. The molecule has 0 aliphatic carbocycles. The lowest BCUT2D eigenvalue weighted by Gasteiger charge is -2.37. The highest BCUT2D eigenvalue weighted by Crippen LogP contribution is 2.23. The van der Waals surface area contributed by atoms with Gasteiger partial charge in [-0.25, -0.2) is 4.68 Å². The van der Waals surface area contributed by atoms with E-state index in [1.165, 1.54) is 0 Å². The highest BCUT2D eigenvalue weighted by Gasteiger charge is 2.38. The average molecular weight is 459 g/mol. The molecule has 2 heterocycles. The van der Waals surface area contributed by atoms with Crippen molar-refractivity contribution in [1.82, 2.24) is 24.9 Å². The normalized spacial score (nSPS) is 11.3. The van der Waals surface area contributed by atoms with E-state index in [1.807, 2.05) is 30.3 Å².